The van der Waals surface area contributed by atoms with Gasteiger partial charge in [0.1, 0.15) is 23.4 Å². The van der Waals surface area contributed by atoms with Crippen molar-refractivity contribution in [1.82, 2.24) is 4.98 Å². The number of para-hydroxylation sites is 1. The van der Waals surface area contributed by atoms with Gasteiger partial charge in [-0.05, 0) is 42.5 Å². The fourth-order valence-electron chi connectivity index (χ4n) is 3.20. The van der Waals surface area contributed by atoms with Crippen molar-refractivity contribution in [1.29, 1.82) is 0 Å². The minimum atomic E-state index is 0.175. The molecule has 0 bridgehead atoms. The van der Waals surface area contributed by atoms with Crippen molar-refractivity contribution in [3.63, 3.8) is 0 Å². The van der Waals surface area contributed by atoms with Gasteiger partial charge >= 0.3 is 0 Å². The molecule has 2 aromatic carbocycles. The van der Waals surface area contributed by atoms with Gasteiger partial charge in [0.25, 0.3) is 0 Å². The van der Waals surface area contributed by atoms with Crippen LogP contribution in [0.3, 0.4) is 0 Å². The van der Waals surface area contributed by atoms with Crippen molar-refractivity contribution in [3.05, 3.63) is 59.6 Å². The molecule has 2 heterocycles. The molecule has 0 unspecified atom stereocenters. The second-order valence-corrected chi connectivity index (χ2v) is 6.69. The lowest BCUT2D eigenvalue weighted by molar-refractivity contribution is 0.171. The van der Waals surface area contributed by atoms with Crippen LogP contribution in [0.1, 0.15) is 12.8 Å². The zero-order valence-electron chi connectivity index (χ0n) is 13.7. The van der Waals surface area contributed by atoms with Gasteiger partial charge in [0.15, 0.2) is 0 Å². The van der Waals surface area contributed by atoms with E-state index >= 15 is 0 Å². The standard InChI is InChI=1S/C20H19ClN2O2/c21-17-3-1-2-4-19(17)25-16-9-11-23(12-10-16)20-8-5-14-13-15(24)6-7-18(14)22-20/h1-8,13,16,24H,9-12H2. The largest absolute Gasteiger partial charge is 0.508 e. The van der Waals surface area contributed by atoms with Crippen LogP contribution in [0.15, 0.2) is 54.6 Å². The second-order valence-electron chi connectivity index (χ2n) is 6.28. The molecule has 0 amide bonds. The number of hydrogen-bond acceptors (Lipinski definition) is 4. The van der Waals surface area contributed by atoms with E-state index in [-0.39, 0.29) is 11.9 Å². The summed E-state index contributed by atoms with van der Waals surface area (Å²) in [7, 11) is 0. The van der Waals surface area contributed by atoms with Gasteiger partial charge in [0.05, 0.1) is 10.5 Å². The number of nitrogens with zero attached hydrogens (tertiary/aromatic N) is 2. The van der Waals surface area contributed by atoms with Crippen LogP contribution in [0.4, 0.5) is 5.82 Å². The van der Waals surface area contributed by atoms with Crippen molar-refractivity contribution >= 4 is 28.3 Å². The van der Waals surface area contributed by atoms with E-state index in [1.54, 1.807) is 12.1 Å². The first kappa shape index (κ1) is 16.0. The number of phenolic OH excluding ortho intramolecular Hbond substituents is 1. The molecule has 0 atom stereocenters. The zero-order valence-corrected chi connectivity index (χ0v) is 14.5. The first-order chi connectivity index (χ1) is 12.2. The summed E-state index contributed by atoms with van der Waals surface area (Å²) in [6, 6.07) is 16.9. The Morgan fingerprint density at radius 2 is 1.84 bits per heavy atom. The van der Waals surface area contributed by atoms with Crippen LogP contribution in [0.2, 0.25) is 5.02 Å². The number of aromatic nitrogens is 1. The second kappa shape index (κ2) is 6.81. The zero-order chi connectivity index (χ0) is 17.2. The Balaban J connectivity index is 1.43. The first-order valence-electron chi connectivity index (χ1n) is 8.45. The molecule has 3 aromatic rings. The fraction of sp³-hybridized carbons (Fsp3) is 0.250. The van der Waals surface area contributed by atoms with E-state index in [0.717, 1.165) is 48.4 Å². The molecule has 4 rings (SSSR count). The third kappa shape index (κ3) is 3.49. The molecule has 1 aromatic heterocycles. The molecular formula is C20H19ClN2O2. The van der Waals surface area contributed by atoms with E-state index in [0.29, 0.717) is 5.02 Å². The normalized spacial score (nSPS) is 15.5. The van der Waals surface area contributed by atoms with Gasteiger partial charge in [-0.1, -0.05) is 23.7 Å². The van der Waals surface area contributed by atoms with E-state index in [9.17, 15) is 5.11 Å². The van der Waals surface area contributed by atoms with Gasteiger partial charge < -0.3 is 14.7 Å². The Kier molecular flexibility index (Phi) is 4.36. The highest BCUT2D eigenvalue weighted by Crippen LogP contribution is 2.28. The highest BCUT2D eigenvalue weighted by Gasteiger charge is 2.22. The molecule has 0 spiro atoms. The SMILES string of the molecule is Oc1ccc2nc(N3CCC(Oc4ccccc4Cl)CC3)ccc2c1. The van der Waals surface area contributed by atoms with Crippen molar-refractivity contribution in [2.24, 2.45) is 0 Å². The number of aromatic hydroxyl groups is 1. The number of anilines is 1. The maximum Gasteiger partial charge on any atom is 0.138 e. The Labute approximate surface area is 151 Å². The highest BCUT2D eigenvalue weighted by atomic mass is 35.5. The van der Waals surface area contributed by atoms with Crippen molar-refractivity contribution in [2.45, 2.75) is 18.9 Å². The lowest BCUT2D eigenvalue weighted by atomic mass is 10.1. The molecule has 25 heavy (non-hydrogen) atoms. The summed E-state index contributed by atoms with van der Waals surface area (Å²) in [6.07, 6.45) is 2.04. The maximum absolute atomic E-state index is 9.56. The van der Waals surface area contributed by atoms with Crippen LogP contribution in [-0.2, 0) is 0 Å². The molecule has 1 saturated heterocycles. The van der Waals surface area contributed by atoms with E-state index in [1.807, 2.05) is 42.5 Å². The summed E-state index contributed by atoms with van der Waals surface area (Å²) in [5.41, 5.74) is 0.893. The topological polar surface area (TPSA) is 45.6 Å². The number of pyridine rings is 1. The Bertz CT molecular complexity index is 892. The molecule has 0 saturated carbocycles. The average molecular weight is 355 g/mol. The van der Waals surface area contributed by atoms with Gasteiger partial charge in [0.2, 0.25) is 0 Å². The molecule has 0 radical (unpaired) electrons. The summed E-state index contributed by atoms with van der Waals surface area (Å²) in [6.45, 7) is 1.79. The van der Waals surface area contributed by atoms with Crippen LogP contribution in [0, 0.1) is 0 Å². The lowest BCUT2D eigenvalue weighted by Gasteiger charge is -2.33. The van der Waals surface area contributed by atoms with Crippen molar-refractivity contribution < 1.29 is 9.84 Å². The smallest absolute Gasteiger partial charge is 0.138 e. The van der Waals surface area contributed by atoms with Crippen LogP contribution in [0.25, 0.3) is 10.9 Å². The van der Waals surface area contributed by atoms with E-state index in [1.165, 1.54) is 0 Å². The number of hydrogen-bond donors (Lipinski definition) is 1. The Hall–Kier alpha value is -2.46. The molecule has 5 heteroatoms. The van der Waals surface area contributed by atoms with E-state index in [4.69, 9.17) is 21.3 Å². The van der Waals surface area contributed by atoms with Crippen LogP contribution in [0.5, 0.6) is 11.5 Å². The summed E-state index contributed by atoms with van der Waals surface area (Å²) in [5.74, 6) is 1.99. The van der Waals surface area contributed by atoms with E-state index in [2.05, 4.69) is 4.90 Å². The summed E-state index contributed by atoms with van der Waals surface area (Å²) in [5, 5.41) is 11.2. The molecular weight excluding hydrogens is 336 g/mol. The average Bonchev–Trinajstić information content (AvgIpc) is 2.64. The third-order valence-corrected chi connectivity index (χ3v) is 4.87. The van der Waals surface area contributed by atoms with Crippen LogP contribution >= 0.6 is 11.6 Å². The molecule has 4 nitrogen and oxygen atoms in total. The monoisotopic (exact) mass is 354 g/mol. The summed E-state index contributed by atoms with van der Waals surface area (Å²) < 4.78 is 6.05. The molecule has 1 aliphatic rings. The minimum Gasteiger partial charge on any atom is -0.508 e. The number of rotatable bonds is 3. The predicted octanol–water partition coefficient (Wildman–Crippen LogP) is 4.64. The number of halogens is 1. The van der Waals surface area contributed by atoms with E-state index < -0.39 is 0 Å². The number of piperidine rings is 1. The van der Waals surface area contributed by atoms with Gasteiger partial charge in [-0.25, -0.2) is 4.98 Å². The van der Waals surface area contributed by atoms with Crippen LogP contribution < -0.4 is 9.64 Å². The van der Waals surface area contributed by atoms with Gasteiger partial charge in [0, 0.05) is 31.3 Å². The van der Waals surface area contributed by atoms with Crippen molar-refractivity contribution in [3.8, 4) is 11.5 Å². The summed E-state index contributed by atoms with van der Waals surface area (Å²) >= 11 is 6.17. The first-order valence-corrected chi connectivity index (χ1v) is 8.83. The Morgan fingerprint density at radius 3 is 2.64 bits per heavy atom. The Morgan fingerprint density at radius 1 is 1.04 bits per heavy atom. The molecule has 1 fully saturated rings. The quantitative estimate of drug-likeness (QED) is 0.744. The summed E-state index contributed by atoms with van der Waals surface area (Å²) in [4.78, 5) is 6.99. The molecule has 0 aliphatic carbocycles. The highest BCUT2D eigenvalue weighted by molar-refractivity contribution is 6.32. The van der Waals surface area contributed by atoms with Crippen molar-refractivity contribution in [2.75, 3.05) is 18.0 Å². The predicted molar refractivity (Wildman–Crippen MR) is 101 cm³/mol. The maximum atomic E-state index is 9.56. The molecule has 1 N–H and O–H groups in total. The van der Waals surface area contributed by atoms with Crippen LogP contribution in [-0.4, -0.2) is 29.3 Å². The number of benzene rings is 2. The number of fused-ring (bicyclic) bond motifs is 1. The number of phenols is 1. The molecule has 128 valence electrons. The van der Waals surface area contributed by atoms with Gasteiger partial charge in [-0.2, -0.15) is 0 Å². The minimum absolute atomic E-state index is 0.175. The fourth-order valence-corrected chi connectivity index (χ4v) is 3.38. The third-order valence-electron chi connectivity index (χ3n) is 4.55. The lowest BCUT2D eigenvalue weighted by Crippen LogP contribution is -2.38. The van der Waals surface area contributed by atoms with Gasteiger partial charge in [-0.3, -0.25) is 0 Å². The molecule has 1 aliphatic heterocycles. The van der Waals surface area contributed by atoms with Gasteiger partial charge in [-0.15, -0.1) is 0 Å². The number of ether oxygens (including phenoxy) is 1.